The zero-order valence-corrected chi connectivity index (χ0v) is 8.56. The molecule has 0 spiro atoms. The zero-order chi connectivity index (χ0) is 11.4. The summed E-state index contributed by atoms with van der Waals surface area (Å²) in [6, 6.07) is 2.81. The lowest BCUT2D eigenvalue weighted by Crippen LogP contribution is -2.00. The van der Waals surface area contributed by atoms with Gasteiger partial charge in [-0.05, 0) is 25.1 Å². The second-order valence-electron chi connectivity index (χ2n) is 3.27. The highest BCUT2D eigenvalue weighted by Crippen LogP contribution is 2.13. The SMILES string of the molecule is NCCCc1nc(-c2ccc(F)cn2)no1. The van der Waals surface area contributed by atoms with Gasteiger partial charge in [0.05, 0.1) is 6.20 Å². The number of nitrogens with two attached hydrogens (primary N) is 1. The Balaban J connectivity index is 2.15. The van der Waals surface area contributed by atoms with E-state index in [1.54, 1.807) is 0 Å². The van der Waals surface area contributed by atoms with Crippen LogP contribution >= 0.6 is 0 Å². The molecule has 0 aromatic carbocycles. The minimum atomic E-state index is -0.393. The molecule has 0 radical (unpaired) electrons. The summed E-state index contributed by atoms with van der Waals surface area (Å²) in [5.74, 6) is 0.495. The first kappa shape index (κ1) is 10.7. The molecule has 5 nitrogen and oxygen atoms in total. The van der Waals surface area contributed by atoms with Gasteiger partial charge in [0.25, 0.3) is 0 Å². The van der Waals surface area contributed by atoms with Crippen molar-refractivity contribution in [3.05, 3.63) is 30.0 Å². The normalized spacial score (nSPS) is 10.6. The molecule has 0 unspecified atom stereocenters. The third-order valence-electron chi connectivity index (χ3n) is 2.02. The van der Waals surface area contributed by atoms with Crippen LogP contribution in [0.15, 0.2) is 22.9 Å². The van der Waals surface area contributed by atoms with Crippen LogP contribution < -0.4 is 5.73 Å². The van der Waals surface area contributed by atoms with Crippen LogP contribution in [-0.2, 0) is 6.42 Å². The Morgan fingerprint density at radius 1 is 1.38 bits per heavy atom. The van der Waals surface area contributed by atoms with Crippen molar-refractivity contribution in [3.63, 3.8) is 0 Å². The highest BCUT2D eigenvalue weighted by atomic mass is 19.1. The quantitative estimate of drug-likeness (QED) is 0.839. The highest BCUT2D eigenvalue weighted by molar-refractivity contribution is 5.47. The Kier molecular flexibility index (Phi) is 3.21. The number of aromatic nitrogens is 3. The molecular weight excluding hydrogens is 211 g/mol. The summed E-state index contributed by atoms with van der Waals surface area (Å²) in [6.45, 7) is 0.576. The summed E-state index contributed by atoms with van der Waals surface area (Å²) >= 11 is 0. The van der Waals surface area contributed by atoms with Gasteiger partial charge in [-0.1, -0.05) is 5.16 Å². The van der Waals surface area contributed by atoms with Gasteiger partial charge in [-0.3, -0.25) is 0 Å². The Morgan fingerprint density at radius 2 is 2.25 bits per heavy atom. The number of hydrogen-bond acceptors (Lipinski definition) is 5. The monoisotopic (exact) mass is 222 g/mol. The van der Waals surface area contributed by atoms with E-state index >= 15 is 0 Å². The summed E-state index contributed by atoms with van der Waals surface area (Å²) in [6.07, 6.45) is 2.55. The number of pyridine rings is 1. The highest BCUT2D eigenvalue weighted by Gasteiger charge is 2.09. The first-order chi connectivity index (χ1) is 7.79. The molecule has 6 heteroatoms. The van der Waals surface area contributed by atoms with Gasteiger partial charge < -0.3 is 10.3 Å². The molecule has 2 aromatic rings. The molecule has 2 N–H and O–H groups in total. The van der Waals surface area contributed by atoms with E-state index in [-0.39, 0.29) is 0 Å². The summed E-state index contributed by atoms with van der Waals surface area (Å²) in [4.78, 5) is 7.99. The van der Waals surface area contributed by atoms with Crippen molar-refractivity contribution < 1.29 is 8.91 Å². The molecule has 0 saturated heterocycles. The van der Waals surface area contributed by atoms with Crippen LogP contribution in [0.1, 0.15) is 12.3 Å². The van der Waals surface area contributed by atoms with Gasteiger partial charge in [0, 0.05) is 6.42 Å². The maximum Gasteiger partial charge on any atom is 0.227 e. The molecule has 0 amide bonds. The van der Waals surface area contributed by atoms with Gasteiger partial charge in [0.2, 0.25) is 11.7 Å². The molecule has 2 rings (SSSR count). The average Bonchev–Trinajstić information content (AvgIpc) is 2.76. The summed E-state index contributed by atoms with van der Waals surface area (Å²) in [5.41, 5.74) is 5.86. The van der Waals surface area contributed by atoms with Crippen molar-refractivity contribution in [1.82, 2.24) is 15.1 Å². The van der Waals surface area contributed by atoms with Gasteiger partial charge in [-0.2, -0.15) is 4.98 Å². The number of hydrogen-bond donors (Lipinski definition) is 1. The van der Waals surface area contributed by atoms with Crippen LogP contribution in [0.3, 0.4) is 0 Å². The van der Waals surface area contributed by atoms with Gasteiger partial charge in [0.1, 0.15) is 11.5 Å². The standard InChI is InChI=1S/C10H11FN4O/c11-7-3-4-8(13-6-7)10-14-9(16-15-10)2-1-5-12/h3-4,6H,1-2,5,12H2. The van der Waals surface area contributed by atoms with Crippen LogP contribution in [-0.4, -0.2) is 21.7 Å². The maximum atomic E-state index is 12.6. The zero-order valence-electron chi connectivity index (χ0n) is 8.56. The van der Waals surface area contributed by atoms with E-state index < -0.39 is 5.82 Å². The molecular formula is C10H11FN4O. The van der Waals surface area contributed by atoms with E-state index in [9.17, 15) is 4.39 Å². The van der Waals surface area contributed by atoms with Crippen molar-refractivity contribution in [2.45, 2.75) is 12.8 Å². The van der Waals surface area contributed by atoms with E-state index in [0.717, 1.165) is 12.6 Å². The Morgan fingerprint density at radius 3 is 2.94 bits per heavy atom. The third kappa shape index (κ3) is 2.40. The average molecular weight is 222 g/mol. The molecule has 0 aliphatic rings. The maximum absolute atomic E-state index is 12.6. The molecule has 0 aliphatic heterocycles. The minimum Gasteiger partial charge on any atom is -0.339 e. The second kappa shape index (κ2) is 4.80. The Bertz CT molecular complexity index is 454. The lowest BCUT2D eigenvalue weighted by Gasteiger charge is -1.91. The fourth-order valence-corrected chi connectivity index (χ4v) is 1.22. The van der Waals surface area contributed by atoms with Crippen LogP contribution in [0.2, 0.25) is 0 Å². The fraction of sp³-hybridized carbons (Fsp3) is 0.300. The number of rotatable bonds is 4. The number of nitrogens with zero attached hydrogens (tertiary/aromatic N) is 3. The smallest absolute Gasteiger partial charge is 0.227 e. The lowest BCUT2D eigenvalue weighted by molar-refractivity contribution is 0.376. The summed E-state index contributed by atoms with van der Waals surface area (Å²) in [5, 5.41) is 3.76. The number of aryl methyl sites for hydroxylation is 1. The van der Waals surface area contributed by atoms with Crippen LogP contribution in [0, 0.1) is 5.82 Å². The lowest BCUT2D eigenvalue weighted by atomic mass is 10.3. The van der Waals surface area contributed by atoms with Crippen LogP contribution in [0.25, 0.3) is 11.5 Å². The van der Waals surface area contributed by atoms with Crippen LogP contribution in [0.4, 0.5) is 4.39 Å². The predicted molar refractivity (Wildman–Crippen MR) is 54.9 cm³/mol. The van der Waals surface area contributed by atoms with E-state index in [4.69, 9.17) is 10.3 Å². The van der Waals surface area contributed by atoms with Crippen molar-refractivity contribution in [3.8, 4) is 11.5 Å². The molecule has 0 bridgehead atoms. The van der Waals surface area contributed by atoms with E-state index in [1.807, 2.05) is 0 Å². The molecule has 2 heterocycles. The minimum absolute atomic E-state index is 0.368. The molecule has 84 valence electrons. The molecule has 0 fully saturated rings. The first-order valence-corrected chi connectivity index (χ1v) is 4.94. The summed E-state index contributed by atoms with van der Waals surface area (Å²) in [7, 11) is 0. The van der Waals surface area contributed by atoms with Gasteiger partial charge >= 0.3 is 0 Å². The second-order valence-corrected chi connectivity index (χ2v) is 3.27. The van der Waals surface area contributed by atoms with Crippen molar-refractivity contribution in [2.75, 3.05) is 6.54 Å². The van der Waals surface area contributed by atoms with Crippen molar-refractivity contribution in [2.24, 2.45) is 5.73 Å². The predicted octanol–water partition coefficient (Wildman–Crippen LogP) is 1.16. The fourth-order valence-electron chi connectivity index (χ4n) is 1.22. The number of halogens is 1. The Hall–Kier alpha value is -1.82. The van der Waals surface area contributed by atoms with Crippen molar-refractivity contribution >= 4 is 0 Å². The molecule has 0 saturated carbocycles. The van der Waals surface area contributed by atoms with Gasteiger partial charge in [0.15, 0.2) is 0 Å². The Labute approximate surface area is 91.5 Å². The molecule has 2 aromatic heterocycles. The molecule has 0 aliphatic carbocycles. The third-order valence-corrected chi connectivity index (χ3v) is 2.02. The largest absolute Gasteiger partial charge is 0.339 e. The van der Waals surface area contributed by atoms with E-state index in [1.165, 1.54) is 12.1 Å². The topological polar surface area (TPSA) is 77.8 Å². The van der Waals surface area contributed by atoms with E-state index in [0.29, 0.717) is 30.4 Å². The van der Waals surface area contributed by atoms with Crippen LogP contribution in [0.5, 0.6) is 0 Å². The van der Waals surface area contributed by atoms with Gasteiger partial charge in [-0.25, -0.2) is 9.37 Å². The van der Waals surface area contributed by atoms with Crippen molar-refractivity contribution in [1.29, 1.82) is 0 Å². The summed E-state index contributed by atoms with van der Waals surface area (Å²) < 4.78 is 17.6. The molecule has 0 atom stereocenters. The molecule has 16 heavy (non-hydrogen) atoms. The van der Waals surface area contributed by atoms with E-state index in [2.05, 4.69) is 15.1 Å². The first-order valence-electron chi connectivity index (χ1n) is 4.94. The van der Waals surface area contributed by atoms with Gasteiger partial charge in [-0.15, -0.1) is 0 Å².